The summed E-state index contributed by atoms with van der Waals surface area (Å²) in [4.78, 5) is 15.2. The summed E-state index contributed by atoms with van der Waals surface area (Å²) in [7, 11) is 0. The second kappa shape index (κ2) is 5.96. The molecule has 0 aliphatic heterocycles. The topological polar surface area (TPSA) is 75.4 Å². The molecule has 0 radical (unpaired) electrons. The van der Waals surface area contributed by atoms with Crippen molar-refractivity contribution in [1.82, 2.24) is 10.3 Å². The van der Waals surface area contributed by atoms with E-state index in [1.807, 2.05) is 0 Å². The molecule has 5 nitrogen and oxygen atoms in total. The molecule has 0 saturated carbocycles. The van der Waals surface area contributed by atoms with Gasteiger partial charge in [0.25, 0.3) is 5.91 Å². The van der Waals surface area contributed by atoms with Crippen molar-refractivity contribution < 1.29 is 27.5 Å². The zero-order chi connectivity index (χ0) is 15.5. The molecular weight excluding hydrogens is 289 g/mol. The number of amides is 1. The molecule has 0 saturated heterocycles. The molecule has 8 heteroatoms. The number of aliphatic hydroxyl groups excluding tert-OH is 1. The Bertz CT molecular complexity index is 611. The molecule has 0 spiro atoms. The Morgan fingerprint density at radius 3 is 2.76 bits per heavy atom. The van der Waals surface area contributed by atoms with E-state index in [4.69, 9.17) is 4.42 Å². The quantitative estimate of drug-likeness (QED) is 0.907. The van der Waals surface area contributed by atoms with Gasteiger partial charge in [-0.05, 0) is 24.3 Å². The first kappa shape index (κ1) is 15.0. The third-order valence-electron chi connectivity index (χ3n) is 2.66. The van der Waals surface area contributed by atoms with Gasteiger partial charge in [0, 0.05) is 6.20 Å². The standard InChI is InChI=1S/C13H11F3N2O3/c14-13(15,16)8-3-1-5-17-11(8)12(20)18-7-9(19)10-4-2-6-21-10/h1-6,9,19H,7H2,(H,18,20). The van der Waals surface area contributed by atoms with E-state index in [0.29, 0.717) is 0 Å². The molecule has 2 heterocycles. The summed E-state index contributed by atoms with van der Waals surface area (Å²) in [5.41, 5.74) is -1.87. The molecule has 1 atom stereocenters. The number of nitrogens with one attached hydrogen (secondary N) is 1. The van der Waals surface area contributed by atoms with Crippen LogP contribution in [0.15, 0.2) is 41.1 Å². The van der Waals surface area contributed by atoms with E-state index < -0.39 is 29.4 Å². The maximum atomic E-state index is 12.7. The molecule has 2 rings (SSSR count). The summed E-state index contributed by atoms with van der Waals surface area (Å²) >= 11 is 0. The Kier molecular flexibility index (Phi) is 4.27. The average molecular weight is 300 g/mol. The second-order valence-corrected chi connectivity index (χ2v) is 4.14. The first-order valence-electron chi connectivity index (χ1n) is 5.91. The number of carbonyl (C=O) groups excluding carboxylic acids is 1. The van der Waals surface area contributed by atoms with Crippen LogP contribution in [0, 0.1) is 0 Å². The number of halogens is 3. The van der Waals surface area contributed by atoms with Crippen LogP contribution in [0.1, 0.15) is 27.9 Å². The number of hydrogen-bond acceptors (Lipinski definition) is 4. The SMILES string of the molecule is O=C(NCC(O)c1ccco1)c1ncccc1C(F)(F)F. The van der Waals surface area contributed by atoms with Gasteiger partial charge in [-0.15, -0.1) is 0 Å². The van der Waals surface area contributed by atoms with Crippen molar-refractivity contribution in [3.05, 3.63) is 53.7 Å². The minimum absolute atomic E-state index is 0.201. The van der Waals surface area contributed by atoms with Gasteiger partial charge < -0.3 is 14.8 Å². The molecule has 0 fully saturated rings. The summed E-state index contributed by atoms with van der Waals surface area (Å²) in [6.45, 7) is -0.291. The van der Waals surface area contributed by atoms with Gasteiger partial charge in [0.05, 0.1) is 18.4 Å². The van der Waals surface area contributed by atoms with Gasteiger partial charge in [-0.2, -0.15) is 13.2 Å². The van der Waals surface area contributed by atoms with Crippen LogP contribution in [-0.4, -0.2) is 22.5 Å². The van der Waals surface area contributed by atoms with Crippen LogP contribution >= 0.6 is 0 Å². The third-order valence-corrected chi connectivity index (χ3v) is 2.66. The Balaban J connectivity index is 2.08. The van der Waals surface area contributed by atoms with Crippen LogP contribution in [0.25, 0.3) is 0 Å². The van der Waals surface area contributed by atoms with Crippen LogP contribution in [0.2, 0.25) is 0 Å². The first-order valence-corrected chi connectivity index (χ1v) is 5.91. The number of carbonyl (C=O) groups is 1. The fraction of sp³-hybridized carbons (Fsp3) is 0.231. The average Bonchev–Trinajstić information content (AvgIpc) is 2.97. The Hall–Kier alpha value is -2.35. The number of alkyl halides is 3. The highest BCUT2D eigenvalue weighted by atomic mass is 19.4. The highest BCUT2D eigenvalue weighted by Gasteiger charge is 2.35. The van der Waals surface area contributed by atoms with E-state index in [9.17, 15) is 23.1 Å². The van der Waals surface area contributed by atoms with Crippen molar-refractivity contribution in [2.45, 2.75) is 12.3 Å². The molecule has 2 aromatic rings. The van der Waals surface area contributed by atoms with E-state index in [1.54, 1.807) is 6.07 Å². The predicted molar refractivity (Wildman–Crippen MR) is 65.2 cm³/mol. The minimum Gasteiger partial charge on any atom is -0.467 e. The Morgan fingerprint density at radius 1 is 1.38 bits per heavy atom. The molecule has 0 aliphatic carbocycles. The number of aromatic nitrogens is 1. The number of furan rings is 1. The van der Waals surface area contributed by atoms with Crippen molar-refractivity contribution in [3.8, 4) is 0 Å². The largest absolute Gasteiger partial charge is 0.467 e. The normalized spacial score (nSPS) is 13.0. The molecule has 1 amide bonds. The van der Waals surface area contributed by atoms with Gasteiger partial charge in [0.2, 0.25) is 0 Å². The van der Waals surface area contributed by atoms with Crippen molar-refractivity contribution in [2.75, 3.05) is 6.54 Å². The molecule has 0 aliphatic rings. The van der Waals surface area contributed by atoms with E-state index in [0.717, 1.165) is 18.3 Å². The Morgan fingerprint density at radius 2 is 2.14 bits per heavy atom. The predicted octanol–water partition coefficient (Wildman–Crippen LogP) is 2.16. The molecule has 2 aromatic heterocycles. The molecule has 1 unspecified atom stereocenters. The highest BCUT2D eigenvalue weighted by Crippen LogP contribution is 2.30. The lowest BCUT2D eigenvalue weighted by molar-refractivity contribution is -0.138. The maximum absolute atomic E-state index is 12.7. The van der Waals surface area contributed by atoms with Crippen LogP contribution in [0.3, 0.4) is 0 Å². The zero-order valence-electron chi connectivity index (χ0n) is 10.6. The first-order chi connectivity index (χ1) is 9.89. The molecule has 2 N–H and O–H groups in total. The smallest absolute Gasteiger partial charge is 0.418 e. The number of pyridine rings is 1. The summed E-state index contributed by atoms with van der Waals surface area (Å²) in [6.07, 6.45) is -3.41. The monoisotopic (exact) mass is 300 g/mol. The fourth-order valence-corrected chi connectivity index (χ4v) is 1.67. The van der Waals surface area contributed by atoms with Crippen LogP contribution in [0.5, 0.6) is 0 Å². The van der Waals surface area contributed by atoms with Crippen molar-refractivity contribution in [1.29, 1.82) is 0 Å². The molecule has 112 valence electrons. The van der Waals surface area contributed by atoms with Gasteiger partial charge in [0.1, 0.15) is 17.6 Å². The van der Waals surface area contributed by atoms with Crippen molar-refractivity contribution in [2.24, 2.45) is 0 Å². The number of aliphatic hydroxyl groups is 1. The van der Waals surface area contributed by atoms with Gasteiger partial charge in [0.15, 0.2) is 0 Å². The number of nitrogens with zero attached hydrogens (tertiary/aromatic N) is 1. The molecule has 0 bridgehead atoms. The molecular formula is C13H11F3N2O3. The lowest BCUT2D eigenvalue weighted by atomic mass is 10.1. The highest BCUT2D eigenvalue weighted by molar-refractivity contribution is 5.93. The number of rotatable bonds is 4. The third kappa shape index (κ3) is 3.60. The summed E-state index contributed by atoms with van der Waals surface area (Å²) in [6, 6.07) is 4.89. The minimum atomic E-state index is -4.68. The van der Waals surface area contributed by atoms with E-state index in [-0.39, 0.29) is 12.3 Å². The fourth-order valence-electron chi connectivity index (χ4n) is 1.67. The lowest BCUT2D eigenvalue weighted by Crippen LogP contribution is -2.31. The van der Waals surface area contributed by atoms with Crippen LogP contribution < -0.4 is 5.32 Å². The van der Waals surface area contributed by atoms with Crippen LogP contribution in [-0.2, 0) is 6.18 Å². The van der Waals surface area contributed by atoms with Gasteiger partial charge >= 0.3 is 6.18 Å². The van der Waals surface area contributed by atoms with Crippen LogP contribution in [0.4, 0.5) is 13.2 Å². The zero-order valence-corrected chi connectivity index (χ0v) is 10.6. The van der Waals surface area contributed by atoms with Crippen molar-refractivity contribution >= 4 is 5.91 Å². The van der Waals surface area contributed by atoms with Gasteiger partial charge in [-0.3, -0.25) is 9.78 Å². The van der Waals surface area contributed by atoms with E-state index >= 15 is 0 Å². The van der Waals surface area contributed by atoms with Gasteiger partial charge in [-0.1, -0.05) is 0 Å². The summed E-state index contributed by atoms with van der Waals surface area (Å²) < 4.78 is 43.2. The molecule has 0 aromatic carbocycles. The summed E-state index contributed by atoms with van der Waals surface area (Å²) in [5.74, 6) is -0.819. The summed E-state index contributed by atoms with van der Waals surface area (Å²) in [5, 5.41) is 11.9. The Labute approximate surface area is 117 Å². The maximum Gasteiger partial charge on any atom is 0.418 e. The second-order valence-electron chi connectivity index (χ2n) is 4.14. The number of hydrogen-bond donors (Lipinski definition) is 2. The molecule has 21 heavy (non-hydrogen) atoms. The van der Waals surface area contributed by atoms with E-state index in [2.05, 4.69) is 10.3 Å². The van der Waals surface area contributed by atoms with Crippen molar-refractivity contribution in [3.63, 3.8) is 0 Å². The lowest BCUT2D eigenvalue weighted by Gasteiger charge is -2.13. The van der Waals surface area contributed by atoms with E-state index in [1.165, 1.54) is 12.3 Å². The van der Waals surface area contributed by atoms with Gasteiger partial charge in [-0.25, -0.2) is 0 Å².